The minimum Gasteiger partial charge on any atom is -0.490 e. The third kappa shape index (κ3) is 4.82. The summed E-state index contributed by atoms with van der Waals surface area (Å²) in [6.07, 6.45) is 2.81. The molecular weight excluding hydrogens is 404 g/mol. The van der Waals surface area contributed by atoms with Gasteiger partial charge in [0.05, 0.1) is 24.8 Å². The molecule has 0 aliphatic heterocycles. The summed E-state index contributed by atoms with van der Waals surface area (Å²) < 4.78 is 11.5. The molecule has 0 radical (unpaired) electrons. The van der Waals surface area contributed by atoms with E-state index in [4.69, 9.17) is 4.74 Å². The summed E-state index contributed by atoms with van der Waals surface area (Å²) in [4.78, 5) is 35.6. The van der Waals surface area contributed by atoms with Gasteiger partial charge in [0, 0.05) is 30.6 Å². The molecule has 0 saturated heterocycles. The zero-order valence-corrected chi connectivity index (χ0v) is 18.2. The van der Waals surface area contributed by atoms with Crippen LogP contribution in [-0.4, -0.2) is 49.8 Å². The molecule has 11 nitrogen and oxygen atoms in total. The molecule has 0 fully saturated rings. The van der Waals surface area contributed by atoms with Crippen molar-refractivity contribution in [3.05, 3.63) is 46.0 Å². The number of pyridine rings is 1. The van der Waals surface area contributed by atoms with Gasteiger partial charge in [0.1, 0.15) is 5.69 Å². The number of hydrogen-bond acceptors (Lipinski definition) is 9. The Balaban J connectivity index is 0.00000166. The summed E-state index contributed by atoms with van der Waals surface area (Å²) in [5.74, 6) is -0.460. The van der Waals surface area contributed by atoms with Gasteiger partial charge in [-0.3, -0.25) is 14.8 Å². The van der Waals surface area contributed by atoms with Crippen molar-refractivity contribution < 1.29 is 19.2 Å². The van der Waals surface area contributed by atoms with Crippen molar-refractivity contribution in [2.45, 2.75) is 34.2 Å². The summed E-state index contributed by atoms with van der Waals surface area (Å²) in [6, 6.07) is 3.01. The average molecular weight is 428 g/mol. The van der Waals surface area contributed by atoms with E-state index in [-0.39, 0.29) is 22.7 Å². The highest BCUT2D eigenvalue weighted by Gasteiger charge is 2.28. The summed E-state index contributed by atoms with van der Waals surface area (Å²) in [7, 11) is 2.45. The number of aryl methyl sites for hydroxylation is 2. The highest BCUT2D eigenvalue weighted by atomic mass is 16.6. The van der Waals surface area contributed by atoms with E-state index in [1.54, 1.807) is 4.68 Å². The second-order valence-electron chi connectivity index (χ2n) is 5.94. The predicted molar refractivity (Wildman–Crippen MR) is 113 cm³/mol. The van der Waals surface area contributed by atoms with Gasteiger partial charge in [0.2, 0.25) is 5.75 Å². The van der Waals surface area contributed by atoms with Crippen molar-refractivity contribution in [3.63, 3.8) is 0 Å². The standard InChI is InChI=1S/C18H18N6O5.C2H6/c1-5-23-13(6-10(2)22-23)17-19-8-11(9-20-17)15-16(24(26)27)14(28-3)7-12(21-15)18(25)29-4;1-2/h6-9H,5H2,1-4H3;1-2H3. The largest absolute Gasteiger partial charge is 0.490 e. The number of carbonyl (C=O) groups excluding carboxylic acids is 1. The summed E-state index contributed by atoms with van der Waals surface area (Å²) in [5, 5.41) is 16.0. The zero-order valence-electron chi connectivity index (χ0n) is 18.2. The van der Waals surface area contributed by atoms with Gasteiger partial charge in [-0.25, -0.2) is 19.7 Å². The van der Waals surface area contributed by atoms with E-state index in [1.807, 2.05) is 33.8 Å². The monoisotopic (exact) mass is 428 g/mol. The number of ether oxygens (including phenoxy) is 2. The molecule has 0 aromatic carbocycles. The van der Waals surface area contributed by atoms with E-state index in [2.05, 4.69) is 24.8 Å². The fraction of sp³-hybridized carbons (Fsp3) is 0.350. The van der Waals surface area contributed by atoms with Crippen molar-refractivity contribution in [1.82, 2.24) is 24.7 Å². The van der Waals surface area contributed by atoms with Crippen LogP contribution in [0.2, 0.25) is 0 Å². The Kier molecular flexibility index (Phi) is 7.72. The lowest BCUT2D eigenvalue weighted by Gasteiger charge is -2.09. The third-order valence-electron chi connectivity index (χ3n) is 4.11. The highest BCUT2D eigenvalue weighted by molar-refractivity contribution is 5.90. The van der Waals surface area contributed by atoms with Gasteiger partial charge in [-0.1, -0.05) is 13.8 Å². The normalized spacial score (nSPS) is 10.1. The Morgan fingerprint density at radius 3 is 2.35 bits per heavy atom. The number of nitro groups is 1. The quantitative estimate of drug-likeness (QED) is 0.328. The maximum atomic E-state index is 11.9. The van der Waals surface area contributed by atoms with Crippen molar-refractivity contribution in [1.29, 1.82) is 0 Å². The number of carbonyl (C=O) groups is 1. The fourth-order valence-electron chi connectivity index (χ4n) is 2.81. The second-order valence-corrected chi connectivity index (χ2v) is 5.94. The summed E-state index contributed by atoms with van der Waals surface area (Å²) in [6.45, 7) is 8.45. The SMILES string of the molecule is CC.CCn1nc(C)cc1-c1ncc(-c2nc(C(=O)OC)cc(OC)c2[N+](=O)[O-])cn1. The van der Waals surface area contributed by atoms with Crippen molar-refractivity contribution >= 4 is 11.7 Å². The number of hydrogen-bond donors (Lipinski definition) is 0. The van der Waals surface area contributed by atoms with Gasteiger partial charge in [0.15, 0.2) is 17.2 Å². The van der Waals surface area contributed by atoms with Gasteiger partial charge < -0.3 is 9.47 Å². The molecule has 0 unspecified atom stereocenters. The molecule has 0 aliphatic rings. The Morgan fingerprint density at radius 2 is 1.84 bits per heavy atom. The van der Waals surface area contributed by atoms with Crippen LogP contribution in [0, 0.1) is 17.0 Å². The molecular formula is C20H24N6O5. The molecule has 0 atom stereocenters. The van der Waals surface area contributed by atoms with Crippen LogP contribution < -0.4 is 4.74 Å². The molecule has 0 bridgehead atoms. The van der Waals surface area contributed by atoms with Gasteiger partial charge in [-0.15, -0.1) is 0 Å². The zero-order chi connectivity index (χ0) is 23.1. The first-order valence-electron chi connectivity index (χ1n) is 9.58. The molecule has 0 aliphatic carbocycles. The third-order valence-corrected chi connectivity index (χ3v) is 4.11. The summed E-state index contributed by atoms with van der Waals surface area (Å²) in [5.41, 5.74) is 1.17. The fourth-order valence-corrected chi connectivity index (χ4v) is 2.81. The van der Waals surface area contributed by atoms with Gasteiger partial charge in [-0.05, 0) is 19.9 Å². The molecule has 0 saturated carbocycles. The topological polar surface area (TPSA) is 135 Å². The Hall–Kier alpha value is -3.89. The average Bonchev–Trinajstić information content (AvgIpc) is 3.19. The number of rotatable bonds is 6. The maximum absolute atomic E-state index is 11.9. The molecule has 11 heteroatoms. The van der Waals surface area contributed by atoms with Crippen LogP contribution in [0.25, 0.3) is 22.8 Å². The molecule has 164 valence electrons. The Morgan fingerprint density at radius 1 is 1.19 bits per heavy atom. The molecule has 0 amide bonds. The second kappa shape index (κ2) is 10.2. The molecule has 31 heavy (non-hydrogen) atoms. The molecule has 3 rings (SSSR count). The first kappa shape index (κ1) is 23.4. The van der Waals surface area contributed by atoms with Crippen LogP contribution in [0.15, 0.2) is 24.5 Å². The van der Waals surface area contributed by atoms with Crippen molar-refractivity contribution in [2.24, 2.45) is 0 Å². The van der Waals surface area contributed by atoms with Gasteiger partial charge in [0.25, 0.3) is 0 Å². The number of methoxy groups -OCH3 is 2. The van der Waals surface area contributed by atoms with Crippen LogP contribution in [0.5, 0.6) is 5.75 Å². The predicted octanol–water partition coefficient (Wildman–Crippen LogP) is 3.46. The number of aromatic nitrogens is 5. The minimum atomic E-state index is -0.751. The van der Waals surface area contributed by atoms with Gasteiger partial charge in [-0.2, -0.15) is 5.10 Å². The van der Waals surface area contributed by atoms with E-state index in [9.17, 15) is 14.9 Å². The maximum Gasteiger partial charge on any atom is 0.356 e. The van der Waals surface area contributed by atoms with E-state index >= 15 is 0 Å². The lowest BCUT2D eigenvalue weighted by Crippen LogP contribution is -2.08. The smallest absolute Gasteiger partial charge is 0.356 e. The van der Waals surface area contributed by atoms with Crippen molar-refractivity contribution in [2.75, 3.05) is 14.2 Å². The highest BCUT2D eigenvalue weighted by Crippen LogP contribution is 2.36. The van der Waals surface area contributed by atoms with E-state index in [0.29, 0.717) is 12.4 Å². The molecule has 3 heterocycles. The van der Waals surface area contributed by atoms with Gasteiger partial charge >= 0.3 is 11.7 Å². The van der Waals surface area contributed by atoms with Crippen LogP contribution in [0.4, 0.5) is 5.69 Å². The van der Waals surface area contributed by atoms with Crippen LogP contribution in [-0.2, 0) is 11.3 Å². The van der Waals surface area contributed by atoms with Crippen molar-refractivity contribution in [3.8, 4) is 28.5 Å². The summed E-state index contributed by atoms with van der Waals surface area (Å²) >= 11 is 0. The number of nitrogens with zero attached hydrogens (tertiary/aromatic N) is 6. The molecule has 3 aromatic rings. The van der Waals surface area contributed by atoms with E-state index < -0.39 is 16.6 Å². The first-order valence-corrected chi connectivity index (χ1v) is 9.58. The van der Waals surface area contributed by atoms with Crippen LogP contribution in [0.3, 0.4) is 0 Å². The Bertz CT molecular complexity index is 1080. The van der Waals surface area contributed by atoms with Crippen LogP contribution >= 0.6 is 0 Å². The van der Waals surface area contributed by atoms with Crippen LogP contribution in [0.1, 0.15) is 37.0 Å². The lowest BCUT2D eigenvalue weighted by molar-refractivity contribution is -0.385. The van der Waals surface area contributed by atoms with E-state index in [0.717, 1.165) is 17.5 Å². The minimum absolute atomic E-state index is 0.0959. The lowest BCUT2D eigenvalue weighted by atomic mass is 10.1. The van der Waals surface area contributed by atoms with E-state index in [1.165, 1.54) is 26.6 Å². The number of esters is 1. The Labute approximate surface area is 179 Å². The molecule has 3 aromatic heterocycles. The first-order chi connectivity index (χ1) is 14.9. The molecule has 0 N–H and O–H groups in total. The molecule has 0 spiro atoms.